The molecule has 0 bridgehead atoms. The molecule has 0 nitrogen and oxygen atoms in total. The highest BCUT2D eigenvalue weighted by atomic mass is 31.1. The molecule has 0 N–H and O–H groups in total. The van der Waals surface area contributed by atoms with E-state index in [9.17, 15) is 0 Å². The summed E-state index contributed by atoms with van der Waals surface area (Å²) in [6.07, 6.45) is 11.9. The Bertz CT molecular complexity index is 567. The zero-order chi connectivity index (χ0) is 16.2. The summed E-state index contributed by atoms with van der Waals surface area (Å²) in [6, 6.07) is 22.7. The van der Waals surface area contributed by atoms with E-state index in [-0.39, 0.29) is 15.8 Å². The molecule has 2 aliphatic rings. The van der Waals surface area contributed by atoms with Gasteiger partial charge in [0.15, 0.2) is 0 Å². The molecular formula is C22H28P2. The van der Waals surface area contributed by atoms with E-state index in [4.69, 9.17) is 0 Å². The second kappa shape index (κ2) is 8.12. The van der Waals surface area contributed by atoms with Gasteiger partial charge in [0.2, 0.25) is 0 Å². The molecule has 2 aromatic rings. The van der Waals surface area contributed by atoms with Gasteiger partial charge in [0.1, 0.15) is 0 Å². The van der Waals surface area contributed by atoms with Crippen LogP contribution in [0.3, 0.4) is 0 Å². The fraction of sp³-hybridized carbons (Fsp3) is 0.455. The van der Waals surface area contributed by atoms with Gasteiger partial charge in [0, 0.05) is 11.3 Å². The summed E-state index contributed by atoms with van der Waals surface area (Å²) in [5.74, 6) is 0. The van der Waals surface area contributed by atoms with Crippen LogP contribution in [0.4, 0.5) is 0 Å². The SMILES string of the molecule is c1ccc(C2CCCP2CCP2CCC[C@@H]2c2ccccc2)cc1. The Morgan fingerprint density at radius 3 is 1.46 bits per heavy atom. The average Bonchev–Trinajstić information content (AvgIpc) is 3.30. The Hall–Kier alpha value is -0.700. The molecule has 2 saturated heterocycles. The molecule has 0 amide bonds. The van der Waals surface area contributed by atoms with Gasteiger partial charge in [-0.3, -0.25) is 0 Å². The van der Waals surface area contributed by atoms with E-state index < -0.39 is 0 Å². The van der Waals surface area contributed by atoms with Crippen molar-refractivity contribution in [3.8, 4) is 0 Å². The summed E-state index contributed by atoms with van der Waals surface area (Å²) >= 11 is 0. The largest absolute Gasteiger partial charge is 0.0987 e. The summed E-state index contributed by atoms with van der Waals surface area (Å²) in [7, 11) is 0.455. The van der Waals surface area contributed by atoms with Gasteiger partial charge in [-0.1, -0.05) is 76.5 Å². The van der Waals surface area contributed by atoms with Crippen molar-refractivity contribution >= 4 is 15.8 Å². The minimum atomic E-state index is 0.227. The standard InChI is InChI=1S/C22H28P2/c1-3-9-19(10-4-1)21-13-7-15-23(21)17-18-24-16-8-14-22(24)20-11-5-2-6-12-20/h1-6,9-12,21-22H,7-8,13-18H2/t21-,22?,23?,24?/m1/s1. The van der Waals surface area contributed by atoms with E-state index in [2.05, 4.69) is 60.7 Å². The molecule has 3 unspecified atom stereocenters. The predicted octanol–water partition coefficient (Wildman–Crippen LogP) is 7.02. The Labute approximate surface area is 149 Å². The van der Waals surface area contributed by atoms with Crippen molar-refractivity contribution in [1.82, 2.24) is 0 Å². The predicted molar refractivity (Wildman–Crippen MR) is 110 cm³/mol. The fourth-order valence-electron chi connectivity index (χ4n) is 4.55. The van der Waals surface area contributed by atoms with Crippen molar-refractivity contribution in [1.29, 1.82) is 0 Å². The molecular weight excluding hydrogens is 326 g/mol. The topological polar surface area (TPSA) is 0 Å². The van der Waals surface area contributed by atoms with Gasteiger partial charge < -0.3 is 0 Å². The monoisotopic (exact) mass is 354 g/mol. The molecule has 126 valence electrons. The minimum Gasteiger partial charge on any atom is -0.0987 e. The molecule has 0 aromatic heterocycles. The molecule has 0 saturated carbocycles. The van der Waals surface area contributed by atoms with Crippen LogP contribution in [0.1, 0.15) is 48.1 Å². The maximum Gasteiger partial charge on any atom is 0.00420 e. The summed E-state index contributed by atoms with van der Waals surface area (Å²) in [4.78, 5) is 0. The lowest BCUT2D eigenvalue weighted by atomic mass is 10.1. The quantitative estimate of drug-likeness (QED) is 0.506. The van der Waals surface area contributed by atoms with E-state index in [0.717, 1.165) is 11.3 Å². The van der Waals surface area contributed by atoms with Crippen molar-refractivity contribution in [2.24, 2.45) is 0 Å². The van der Waals surface area contributed by atoms with Gasteiger partial charge in [0.05, 0.1) is 0 Å². The van der Waals surface area contributed by atoms with Crippen LogP contribution in [-0.4, -0.2) is 24.6 Å². The van der Waals surface area contributed by atoms with E-state index in [0.29, 0.717) is 0 Å². The molecule has 4 atom stereocenters. The first-order valence-electron chi connectivity index (χ1n) is 9.50. The lowest BCUT2D eigenvalue weighted by molar-refractivity contribution is 0.825. The average molecular weight is 354 g/mol. The summed E-state index contributed by atoms with van der Waals surface area (Å²) in [6.45, 7) is 0. The number of hydrogen-bond donors (Lipinski definition) is 0. The molecule has 0 spiro atoms. The van der Waals surface area contributed by atoms with Crippen LogP contribution in [0.25, 0.3) is 0 Å². The number of rotatable bonds is 5. The Kier molecular flexibility index (Phi) is 5.67. The first-order chi connectivity index (χ1) is 11.9. The van der Waals surface area contributed by atoms with Gasteiger partial charge in [-0.25, -0.2) is 0 Å². The summed E-state index contributed by atoms with van der Waals surface area (Å²) < 4.78 is 0. The van der Waals surface area contributed by atoms with Gasteiger partial charge in [-0.05, 0) is 61.5 Å². The van der Waals surface area contributed by atoms with Crippen molar-refractivity contribution < 1.29 is 0 Å². The normalized spacial score (nSPS) is 29.8. The minimum absolute atomic E-state index is 0.227. The fourth-order valence-corrected chi connectivity index (χ4v) is 11.8. The van der Waals surface area contributed by atoms with E-state index in [1.807, 2.05) is 0 Å². The molecule has 2 aromatic carbocycles. The van der Waals surface area contributed by atoms with Crippen LogP contribution in [-0.2, 0) is 0 Å². The zero-order valence-electron chi connectivity index (χ0n) is 14.5. The lowest BCUT2D eigenvalue weighted by Crippen LogP contribution is -2.01. The zero-order valence-corrected chi connectivity index (χ0v) is 16.3. The van der Waals surface area contributed by atoms with Crippen LogP contribution in [0, 0.1) is 0 Å². The van der Waals surface area contributed by atoms with Crippen molar-refractivity contribution in [3.63, 3.8) is 0 Å². The van der Waals surface area contributed by atoms with Gasteiger partial charge in [0.25, 0.3) is 0 Å². The van der Waals surface area contributed by atoms with Crippen LogP contribution in [0.5, 0.6) is 0 Å². The maximum atomic E-state index is 2.37. The van der Waals surface area contributed by atoms with E-state index in [1.165, 1.54) is 50.3 Å². The van der Waals surface area contributed by atoms with Crippen molar-refractivity contribution in [3.05, 3.63) is 71.8 Å². The molecule has 24 heavy (non-hydrogen) atoms. The van der Waals surface area contributed by atoms with Crippen molar-refractivity contribution in [2.75, 3.05) is 24.6 Å². The summed E-state index contributed by atoms with van der Waals surface area (Å²) in [5.41, 5.74) is 5.04. The molecule has 0 radical (unpaired) electrons. The van der Waals surface area contributed by atoms with Gasteiger partial charge in [-0.2, -0.15) is 0 Å². The van der Waals surface area contributed by atoms with Gasteiger partial charge in [-0.15, -0.1) is 0 Å². The third-order valence-electron chi connectivity index (χ3n) is 5.77. The van der Waals surface area contributed by atoms with Crippen LogP contribution >= 0.6 is 15.8 Å². The highest BCUT2D eigenvalue weighted by molar-refractivity contribution is 7.62. The molecule has 2 fully saturated rings. The third-order valence-corrected chi connectivity index (χ3v) is 12.4. The second-order valence-corrected chi connectivity index (χ2v) is 12.6. The highest BCUT2D eigenvalue weighted by Crippen LogP contribution is 2.64. The molecule has 4 rings (SSSR count). The van der Waals surface area contributed by atoms with Crippen molar-refractivity contribution in [2.45, 2.75) is 37.0 Å². The second-order valence-electron chi connectivity index (χ2n) is 7.21. The Morgan fingerprint density at radius 1 is 0.625 bits per heavy atom. The first kappa shape index (κ1) is 16.8. The van der Waals surface area contributed by atoms with Crippen LogP contribution in [0.15, 0.2) is 60.7 Å². The molecule has 2 aliphatic heterocycles. The number of hydrogen-bond acceptors (Lipinski definition) is 0. The van der Waals surface area contributed by atoms with E-state index in [1.54, 1.807) is 11.1 Å². The maximum absolute atomic E-state index is 2.37. The van der Waals surface area contributed by atoms with Crippen LogP contribution in [0.2, 0.25) is 0 Å². The summed E-state index contributed by atoms with van der Waals surface area (Å²) in [5, 5.41) is 0. The molecule has 2 heteroatoms. The van der Waals surface area contributed by atoms with Gasteiger partial charge >= 0.3 is 0 Å². The van der Waals surface area contributed by atoms with E-state index >= 15 is 0 Å². The number of benzene rings is 2. The third kappa shape index (κ3) is 3.76. The van der Waals surface area contributed by atoms with Crippen LogP contribution < -0.4 is 0 Å². The molecule has 0 aliphatic carbocycles. The lowest BCUT2D eigenvalue weighted by Gasteiger charge is -2.25. The Balaban J connectivity index is 1.39. The highest BCUT2D eigenvalue weighted by Gasteiger charge is 2.31. The first-order valence-corrected chi connectivity index (χ1v) is 13.1. The smallest absolute Gasteiger partial charge is 0.00420 e. The Morgan fingerprint density at radius 2 is 1.04 bits per heavy atom. The molecule has 2 heterocycles.